The number of hydrogen-bond acceptors (Lipinski definition) is 3. The Labute approximate surface area is 164 Å². The Morgan fingerprint density at radius 3 is 2.43 bits per heavy atom. The molecule has 0 radical (unpaired) electrons. The number of rotatable bonds is 4. The molecule has 28 heavy (non-hydrogen) atoms. The molecule has 1 heterocycles. The summed E-state index contributed by atoms with van der Waals surface area (Å²) in [6, 6.07) is 11.1. The van der Waals surface area contributed by atoms with Gasteiger partial charge < -0.3 is 9.88 Å². The fourth-order valence-electron chi connectivity index (χ4n) is 3.15. The molecule has 0 aliphatic rings. The second-order valence-corrected chi connectivity index (χ2v) is 8.21. The molecule has 3 rings (SSSR count). The van der Waals surface area contributed by atoms with E-state index in [1.807, 2.05) is 19.1 Å². The van der Waals surface area contributed by atoms with Gasteiger partial charge in [-0.15, -0.1) is 0 Å². The van der Waals surface area contributed by atoms with Gasteiger partial charge in [0.2, 0.25) is 5.56 Å². The molecule has 7 heteroatoms. The van der Waals surface area contributed by atoms with Gasteiger partial charge in [0.1, 0.15) is 5.82 Å². The normalized spacial score (nSPS) is 13.3. The van der Waals surface area contributed by atoms with Crippen molar-refractivity contribution in [1.82, 2.24) is 9.88 Å². The fraction of sp³-hybridized carbons (Fsp3) is 0.238. The summed E-state index contributed by atoms with van der Waals surface area (Å²) in [4.78, 5) is 29.8. The smallest absolute Gasteiger partial charge is 0.254 e. The lowest BCUT2D eigenvalue weighted by Gasteiger charge is -2.26. The molecule has 1 amide bonds. The second kappa shape index (κ2) is 7.67. The zero-order valence-corrected chi connectivity index (χ0v) is 16.9. The van der Waals surface area contributed by atoms with E-state index < -0.39 is 22.2 Å². The number of aryl methyl sites for hydroxylation is 1. The lowest BCUT2D eigenvalue weighted by Crippen LogP contribution is -2.30. The molecule has 3 aromatic rings. The number of benzene rings is 2. The maximum atomic E-state index is 14.3. The van der Waals surface area contributed by atoms with Crippen LogP contribution in [0.2, 0.25) is 0 Å². The number of nitrogens with zero attached hydrogens (tertiary/aromatic N) is 1. The van der Waals surface area contributed by atoms with Gasteiger partial charge in [-0.1, -0.05) is 12.1 Å². The third kappa shape index (κ3) is 3.75. The maximum Gasteiger partial charge on any atom is 0.254 e. The largest absolute Gasteiger partial charge is 0.335 e. The number of aromatic nitrogens is 1. The molecule has 146 valence electrons. The van der Waals surface area contributed by atoms with E-state index in [0.717, 1.165) is 5.56 Å². The number of amides is 1. The van der Waals surface area contributed by atoms with Gasteiger partial charge in [-0.05, 0) is 49.2 Å². The topological polar surface area (TPSA) is 70.2 Å². The third-order valence-corrected chi connectivity index (χ3v) is 5.81. The Kier molecular flexibility index (Phi) is 5.47. The van der Waals surface area contributed by atoms with E-state index in [-0.39, 0.29) is 23.0 Å². The number of pyridine rings is 1. The summed E-state index contributed by atoms with van der Waals surface area (Å²) in [5.41, 5.74) is 1.17. The summed E-state index contributed by atoms with van der Waals surface area (Å²) in [6.07, 6.45) is 1.60. The van der Waals surface area contributed by atoms with Crippen LogP contribution in [0, 0.1) is 12.7 Å². The molecule has 2 atom stereocenters. The highest BCUT2D eigenvalue weighted by atomic mass is 32.2. The zero-order valence-electron chi connectivity index (χ0n) is 16.1. The molecule has 0 saturated heterocycles. The van der Waals surface area contributed by atoms with E-state index in [1.165, 1.54) is 17.0 Å². The number of carbonyl (C=O) groups excluding carboxylic acids is 1. The van der Waals surface area contributed by atoms with Gasteiger partial charge in [-0.25, -0.2) is 4.39 Å². The van der Waals surface area contributed by atoms with Crippen LogP contribution in [0.3, 0.4) is 0 Å². The van der Waals surface area contributed by atoms with Gasteiger partial charge in [0.05, 0.1) is 17.1 Å². The Morgan fingerprint density at radius 2 is 1.82 bits per heavy atom. The summed E-state index contributed by atoms with van der Waals surface area (Å²) in [6.45, 7) is 3.59. The Bertz CT molecular complexity index is 1140. The molecule has 0 aliphatic heterocycles. The van der Waals surface area contributed by atoms with E-state index in [2.05, 4.69) is 4.98 Å². The quantitative estimate of drug-likeness (QED) is 0.728. The highest BCUT2D eigenvalue weighted by Crippen LogP contribution is 2.25. The van der Waals surface area contributed by atoms with Gasteiger partial charge in [-0.3, -0.25) is 13.8 Å². The van der Waals surface area contributed by atoms with E-state index in [4.69, 9.17) is 0 Å². The third-order valence-electron chi connectivity index (χ3n) is 4.87. The minimum Gasteiger partial charge on any atom is -0.335 e. The van der Waals surface area contributed by atoms with E-state index in [1.54, 1.807) is 38.4 Å². The second-order valence-electron chi connectivity index (χ2n) is 6.83. The molecule has 0 fully saturated rings. The molecule has 0 saturated carbocycles. The van der Waals surface area contributed by atoms with Crippen molar-refractivity contribution in [1.29, 1.82) is 0 Å². The van der Waals surface area contributed by atoms with Gasteiger partial charge in [0, 0.05) is 40.5 Å². The van der Waals surface area contributed by atoms with Crippen LogP contribution >= 0.6 is 0 Å². The summed E-state index contributed by atoms with van der Waals surface area (Å²) in [5, 5.41) is 0.373. The summed E-state index contributed by atoms with van der Waals surface area (Å²) >= 11 is 0. The van der Waals surface area contributed by atoms with Crippen LogP contribution < -0.4 is 5.56 Å². The first-order chi connectivity index (χ1) is 13.2. The molecule has 1 N–H and O–H groups in total. The minimum atomic E-state index is -1.08. The fourth-order valence-corrected chi connectivity index (χ4v) is 3.67. The van der Waals surface area contributed by atoms with Crippen molar-refractivity contribution >= 4 is 27.6 Å². The van der Waals surface area contributed by atoms with Crippen molar-refractivity contribution in [2.75, 3.05) is 13.3 Å². The van der Waals surface area contributed by atoms with E-state index in [9.17, 15) is 18.2 Å². The zero-order chi connectivity index (χ0) is 20.6. The lowest BCUT2D eigenvalue weighted by molar-refractivity contribution is 0.0744. The highest BCUT2D eigenvalue weighted by molar-refractivity contribution is 7.84. The number of H-pyrrole nitrogens is 1. The number of hydrogen-bond donors (Lipinski definition) is 1. The van der Waals surface area contributed by atoms with Crippen molar-refractivity contribution in [3.05, 3.63) is 75.3 Å². The highest BCUT2D eigenvalue weighted by Gasteiger charge is 2.22. The lowest BCUT2D eigenvalue weighted by atomic mass is 10.0. The summed E-state index contributed by atoms with van der Waals surface area (Å²) in [5.74, 6) is -0.947. The average Bonchev–Trinajstić information content (AvgIpc) is 2.66. The predicted molar refractivity (Wildman–Crippen MR) is 109 cm³/mol. The van der Waals surface area contributed by atoms with Crippen LogP contribution in [0.15, 0.2) is 52.2 Å². The molecule has 0 bridgehead atoms. The molecule has 1 aromatic heterocycles. The molecule has 0 aliphatic carbocycles. The van der Waals surface area contributed by atoms with Crippen LogP contribution in [0.5, 0.6) is 0 Å². The average molecular weight is 400 g/mol. The number of nitrogens with one attached hydrogen (secondary N) is 1. The molecule has 5 nitrogen and oxygen atoms in total. The molecule has 0 spiro atoms. The SMILES string of the molecule is Cc1cc(F)c2[nH]c(=O)cc(C(=O)N(C)C(C)c3ccc(S(C)=O)cc3)c2c1. The van der Waals surface area contributed by atoms with Gasteiger partial charge in [0.25, 0.3) is 5.91 Å². The first-order valence-electron chi connectivity index (χ1n) is 8.72. The minimum absolute atomic E-state index is 0.0253. The monoisotopic (exact) mass is 400 g/mol. The Morgan fingerprint density at radius 1 is 1.18 bits per heavy atom. The first kappa shape index (κ1) is 19.9. The maximum absolute atomic E-state index is 14.3. The number of aromatic amines is 1. The van der Waals surface area contributed by atoms with Gasteiger partial charge in [0.15, 0.2) is 0 Å². The van der Waals surface area contributed by atoms with Crippen molar-refractivity contribution in [3.8, 4) is 0 Å². The van der Waals surface area contributed by atoms with Crippen molar-refractivity contribution < 1.29 is 13.4 Å². The Balaban J connectivity index is 2.01. The summed E-state index contributed by atoms with van der Waals surface area (Å²) < 4.78 is 25.8. The first-order valence-corrected chi connectivity index (χ1v) is 10.3. The molecular formula is C21H21FN2O3S. The number of fused-ring (bicyclic) bond motifs is 1. The molecule has 2 aromatic carbocycles. The van der Waals surface area contributed by atoms with Crippen molar-refractivity contribution in [2.45, 2.75) is 24.8 Å². The summed E-state index contributed by atoms with van der Waals surface area (Å²) in [7, 11) is 0.560. The van der Waals surface area contributed by atoms with Crippen molar-refractivity contribution in [3.63, 3.8) is 0 Å². The molecular weight excluding hydrogens is 379 g/mol. The molecule has 2 unspecified atom stereocenters. The van der Waals surface area contributed by atoms with E-state index in [0.29, 0.717) is 15.8 Å². The van der Waals surface area contributed by atoms with Crippen LogP contribution in [-0.4, -0.2) is 33.3 Å². The van der Waals surface area contributed by atoms with Crippen LogP contribution in [0.25, 0.3) is 10.9 Å². The van der Waals surface area contributed by atoms with Gasteiger partial charge in [-0.2, -0.15) is 0 Å². The van der Waals surface area contributed by atoms with Gasteiger partial charge >= 0.3 is 0 Å². The van der Waals surface area contributed by atoms with Crippen LogP contribution in [0.1, 0.15) is 34.5 Å². The standard InChI is InChI=1S/C21H21FN2O3S/c1-12-9-16-17(11-19(25)23-20(16)18(22)10-12)21(26)24(3)13(2)14-5-7-15(8-6-14)28(4)27/h5-11,13H,1-4H3,(H,23,25). The van der Waals surface area contributed by atoms with Crippen molar-refractivity contribution in [2.24, 2.45) is 0 Å². The Hall–Kier alpha value is -2.80. The van der Waals surface area contributed by atoms with Crippen LogP contribution in [0.4, 0.5) is 4.39 Å². The van der Waals surface area contributed by atoms with E-state index >= 15 is 0 Å². The van der Waals surface area contributed by atoms with Crippen LogP contribution in [-0.2, 0) is 10.8 Å². The predicted octanol–water partition coefficient (Wildman–Crippen LogP) is 3.55. The number of halogens is 1. The number of carbonyl (C=O) groups is 1.